The van der Waals surface area contributed by atoms with Crippen molar-refractivity contribution in [3.8, 4) is 5.75 Å². The molecule has 4 heteroatoms. The maximum absolute atomic E-state index is 12.7. The first kappa shape index (κ1) is 14.3. The van der Waals surface area contributed by atoms with Crippen molar-refractivity contribution in [2.45, 2.75) is 25.3 Å². The van der Waals surface area contributed by atoms with E-state index in [0.717, 1.165) is 31.8 Å². The highest BCUT2D eigenvalue weighted by Gasteiger charge is 2.15. The van der Waals surface area contributed by atoms with Gasteiger partial charge < -0.3 is 15.0 Å². The average molecular weight is 266 g/mol. The van der Waals surface area contributed by atoms with Crippen LogP contribution in [0.2, 0.25) is 0 Å². The molecule has 2 rings (SSSR count). The van der Waals surface area contributed by atoms with Gasteiger partial charge in [0.05, 0.1) is 6.61 Å². The van der Waals surface area contributed by atoms with Crippen molar-refractivity contribution in [2.24, 2.45) is 0 Å². The van der Waals surface area contributed by atoms with E-state index < -0.39 is 0 Å². The molecule has 19 heavy (non-hydrogen) atoms. The Balaban J connectivity index is 1.57. The summed E-state index contributed by atoms with van der Waals surface area (Å²) in [6.07, 6.45) is 3.57. The largest absolute Gasteiger partial charge is 0.494 e. The highest BCUT2D eigenvalue weighted by molar-refractivity contribution is 5.21. The lowest BCUT2D eigenvalue weighted by atomic mass is 10.2. The van der Waals surface area contributed by atoms with E-state index in [-0.39, 0.29) is 5.82 Å². The van der Waals surface area contributed by atoms with Crippen LogP contribution in [0.3, 0.4) is 0 Å². The summed E-state index contributed by atoms with van der Waals surface area (Å²) < 4.78 is 18.3. The number of benzene rings is 1. The number of rotatable bonds is 7. The fraction of sp³-hybridized carbons (Fsp3) is 0.600. The van der Waals surface area contributed by atoms with Crippen LogP contribution in [0.25, 0.3) is 0 Å². The Labute approximate surface area is 114 Å². The molecule has 1 saturated heterocycles. The van der Waals surface area contributed by atoms with Gasteiger partial charge in [-0.25, -0.2) is 4.39 Å². The Morgan fingerprint density at radius 1 is 1.37 bits per heavy atom. The molecule has 0 aromatic heterocycles. The summed E-state index contributed by atoms with van der Waals surface area (Å²) >= 11 is 0. The van der Waals surface area contributed by atoms with E-state index in [1.165, 1.54) is 25.0 Å². The molecule has 1 aromatic rings. The number of nitrogens with zero attached hydrogens (tertiary/aromatic N) is 1. The van der Waals surface area contributed by atoms with Crippen molar-refractivity contribution in [2.75, 3.05) is 33.3 Å². The van der Waals surface area contributed by atoms with E-state index in [4.69, 9.17) is 4.74 Å². The third-order valence-electron chi connectivity index (χ3n) is 3.46. The second-order valence-electron chi connectivity index (χ2n) is 5.21. The van der Waals surface area contributed by atoms with E-state index in [9.17, 15) is 4.39 Å². The summed E-state index contributed by atoms with van der Waals surface area (Å²) in [5, 5.41) is 3.50. The molecule has 0 amide bonds. The molecule has 0 bridgehead atoms. The molecule has 3 nitrogen and oxygen atoms in total. The van der Waals surface area contributed by atoms with Crippen LogP contribution in [-0.4, -0.2) is 44.2 Å². The number of hydrogen-bond acceptors (Lipinski definition) is 3. The van der Waals surface area contributed by atoms with Crippen LogP contribution in [0.4, 0.5) is 4.39 Å². The third kappa shape index (κ3) is 5.17. The summed E-state index contributed by atoms with van der Waals surface area (Å²) in [5.74, 6) is 0.512. The highest BCUT2D eigenvalue weighted by atomic mass is 19.1. The summed E-state index contributed by atoms with van der Waals surface area (Å²) in [4.78, 5) is 2.34. The van der Waals surface area contributed by atoms with Gasteiger partial charge in [0.2, 0.25) is 0 Å². The molecule has 0 aliphatic carbocycles. The lowest BCUT2D eigenvalue weighted by Crippen LogP contribution is -2.36. The van der Waals surface area contributed by atoms with E-state index >= 15 is 0 Å². The normalized spacial score (nSPS) is 19.0. The lowest BCUT2D eigenvalue weighted by Gasteiger charge is -2.20. The lowest BCUT2D eigenvalue weighted by molar-refractivity contribution is 0.250. The van der Waals surface area contributed by atoms with Crippen molar-refractivity contribution in [3.63, 3.8) is 0 Å². The third-order valence-corrected chi connectivity index (χ3v) is 3.46. The van der Waals surface area contributed by atoms with Gasteiger partial charge in [-0.15, -0.1) is 0 Å². The molecule has 1 fully saturated rings. The maximum atomic E-state index is 12.7. The molecule has 1 heterocycles. The van der Waals surface area contributed by atoms with Crippen molar-refractivity contribution in [1.29, 1.82) is 0 Å². The number of likely N-dealkylation sites (N-methyl/N-ethyl adjacent to an activating group) is 1. The second kappa shape index (κ2) is 7.46. The van der Waals surface area contributed by atoms with Crippen LogP contribution >= 0.6 is 0 Å². The van der Waals surface area contributed by atoms with Gasteiger partial charge in [0.25, 0.3) is 0 Å². The Morgan fingerprint density at radius 2 is 2.16 bits per heavy atom. The van der Waals surface area contributed by atoms with Crippen LogP contribution in [0, 0.1) is 5.82 Å². The molecule has 1 N–H and O–H groups in total. The molecular formula is C15H23FN2O. The van der Waals surface area contributed by atoms with Crippen molar-refractivity contribution < 1.29 is 9.13 Å². The second-order valence-corrected chi connectivity index (χ2v) is 5.21. The minimum Gasteiger partial charge on any atom is -0.494 e. The Hall–Kier alpha value is -1.13. The van der Waals surface area contributed by atoms with Gasteiger partial charge in [0.1, 0.15) is 11.6 Å². The molecular weight excluding hydrogens is 243 g/mol. The fourth-order valence-corrected chi connectivity index (χ4v) is 2.44. The van der Waals surface area contributed by atoms with E-state index in [0.29, 0.717) is 12.6 Å². The molecule has 1 aliphatic rings. The molecule has 1 aromatic carbocycles. The zero-order valence-corrected chi connectivity index (χ0v) is 11.6. The predicted molar refractivity (Wildman–Crippen MR) is 75.0 cm³/mol. The van der Waals surface area contributed by atoms with Crippen LogP contribution in [0.15, 0.2) is 24.3 Å². The Bertz CT molecular complexity index is 363. The molecule has 0 spiro atoms. The van der Waals surface area contributed by atoms with Gasteiger partial charge in [0.15, 0.2) is 0 Å². The minimum absolute atomic E-state index is 0.226. The zero-order valence-electron chi connectivity index (χ0n) is 11.6. The topological polar surface area (TPSA) is 24.5 Å². The van der Waals surface area contributed by atoms with Gasteiger partial charge in [-0.1, -0.05) is 0 Å². The van der Waals surface area contributed by atoms with Gasteiger partial charge in [-0.2, -0.15) is 0 Å². The van der Waals surface area contributed by atoms with Crippen molar-refractivity contribution >= 4 is 0 Å². The van der Waals surface area contributed by atoms with Crippen LogP contribution < -0.4 is 10.1 Å². The zero-order chi connectivity index (χ0) is 13.5. The Kier molecular flexibility index (Phi) is 5.61. The minimum atomic E-state index is -0.226. The highest BCUT2D eigenvalue weighted by Crippen LogP contribution is 2.11. The smallest absolute Gasteiger partial charge is 0.123 e. The predicted octanol–water partition coefficient (Wildman–Crippen LogP) is 2.28. The Morgan fingerprint density at radius 3 is 2.84 bits per heavy atom. The fourth-order valence-electron chi connectivity index (χ4n) is 2.44. The number of ether oxygens (including phenoxy) is 1. The molecule has 0 saturated carbocycles. The number of hydrogen-bond donors (Lipinski definition) is 1. The van der Waals surface area contributed by atoms with Crippen LogP contribution in [0.1, 0.15) is 19.3 Å². The first-order valence-corrected chi connectivity index (χ1v) is 7.04. The standard InChI is InChI=1S/C15H23FN2O/c1-18(12-14-4-2-9-17-14)10-3-11-19-15-7-5-13(16)6-8-15/h5-8,14,17H,2-4,9-12H2,1H3. The van der Waals surface area contributed by atoms with E-state index in [1.54, 1.807) is 12.1 Å². The van der Waals surface area contributed by atoms with E-state index in [1.807, 2.05) is 0 Å². The van der Waals surface area contributed by atoms with Gasteiger partial charge in [-0.3, -0.25) is 0 Å². The number of nitrogens with one attached hydrogen (secondary N) is 1. The summed E-state index contributed by atoms with van der Waals surface area (Å²) in [6.45, 7) is 3.97. The average Bonchev–Trinajstić information content (AvgIpc) is 2.89. The molecule has 0 radical (unpaired) electrons. The quantitative estimate of drug-likeness (QED) is 0.766. The molecule has 106 valence electrons. The van der Waals surface area contributed by atoms with Gasteiger partial charge in [-0.05, 0) is 57.1 Å². The summed E-state index contributed by atoms with van der Waals surface area (Å²) in [5.41, 5.74) is 0. The van der Waals surface area contributed by atoms with Crippen LogP contribution in [0.5, 0.6) is 5.75 Å². The monoisotopic (exact) mass is 266 g/mol. The maximum Gasteiger partial charge on any atom is 0.123 e. The van der Waals surface area contributed by atoms with E-state index in [2.05, 4.69) is 17.3 Å². The summed E-state index contributed by atoms with van der Waals surface area (Å²) in [7, 11) is 2.15. The first-order valence-electron chi connectivity index (χ1n) is 7.04. The molecule has 1 aliphatic heterocycles. The molecule has 1 unspecified atom stereocenters. The van der Waals surface area contributed by atoms with Crippen molar-refractivity contribution in [1.82, 2.24) is 10.2 Å². The first-order chi connectivity index (χ1) is 9.24. The SMILES string of the molecule is CN(CCCOc1ccc(F)cc1)CC1CCCN1. The van der Waals surface area contributed by atoms with Gasteiger partial charge in [0, 0.05) is 19.1 Å². The summed E-state index contributed by atoms with van der Waals surface area (Å²) in [6, 6.07) is 6.84. The van der Waals surface area contributed by atoms with Crippen LogP contribution in [-0.2, 0) is 0 Å². The van der Waals surface area contributed by atoms with Gasteiger partial charge >= 0.3 is 0 Å². The van der Waals surface area contributed by atoms with Crippen molar-refractivity contribution in [3.05, 3.63) is 30.1 Å². The molecule has 1 atom stereocenters. The number of halogens is 1.